The van der Waals surface area contributed by atoms with E-state index in [2.05, 4.69) is 35.1 Å². The van der Waals surface area contributed by atoms with E-state index in [-0.39, 0.29) is 11.8 Å². The van der Waals surface area contributed by atoms with Crippen molar-refractivity contribution >= 4 is 11.6 Å². The predicted molar refractivity (Wildman–Crippen MR) is 116 cm³/mol. The quantitative estimate of drug-likeness (QED) is 0.657. The third kappa shape index (κ3) is 3.97. The zero-order valence-electron chi connectivity index (χ0n) is 17.7. The highest BCUT2D eigenvalue weighted by molar-refractivity contribution is 5.66. The van der Waals surface area contributed by atoms with Crippen molar-refractivity contribution in [1.29, 1.82) is 0 Å². The zero-order valence-corrected chi connectivity index (χ0v) is 17.7. The lowest BCUT2D eigenvalue weighted by atomic mass is 9.74. The summed E-state index contributed by atoms with van der Waals surface area (Å²) >= 11 is 0. The first-order valence-corrected chi connectivity index (χ1v) is 10.8. The third-order valence-electron chi connectivity index (χ3n) is 6.52. The van der Waals surface area contributed by atoms with Crippen LogP contribution < -0.4 is 9.47 Å². The summed E-state index contributed by atoms with van der Waals surface area (Å²) in [6.07, 6.45) is 6.23. The molecule has 7 heteroatoms. The molecule has 1 aromatic carbocycles. The van der Waals surface area contributed by atoms with Gasteiger partial charge in [-0.3, -0.25) is 4.79 Å². The number of likely N-dealkylation sites (tertiary alicyclic amines) is 1. The van der Waals surface area contributed by atoms with E-state index < -0.39 is 5.97 Å². The molecular formula is C24H27N3O4. The SMILES string of the molecule is Cc1ccc2nc(COc3ccc4c(c3)OCC43CCN(CCC(=O)O)CC3)cn2c1. The number of aliphatic carboxylic acids is 1. The summed E-state index contributed by atoms with van der Waals surface area (Å²) in [6, 6.07) is 10.2. The summed E-state index contributed by atoms with van der Waals surface area (Å²) in [7, 11) is 0. The largest absolute Gasteiger partial charge is 0.492 e. The van der Waals surface area contributed by atoms with Crippen LogP contribution in [0.3, 0.4) is 0 Å². The van der Waals surface area contributed by atoms with Crippen LogP contribution in [-0.2, 0) is 16.8 Å². The Balaban J connectivity index is 1.23. The first-order valence-electron chi connectivity index (χ1n) is 10.8. The first-order chi connectivity index (χ1) is 15.0. The molecule has 1 spiro atoms. The molecule has 2 aliphatic heterocycles. The van der Waals surface area contributed by atoms with Gasteiger partial charge in [-0.05, 0) is 50.6 Å². The molecule has 2 aromatic heterocycles. The molecule has 1 N–H and O–H groups in total. The molecule has 31 heavy (non-hydrogen) atoms. The summed E-state index contributed by atoms with van der Waals surface area (Å²) < 4.78 is 14.1. The number of carboxylic acid groups (broad SMARTS) is 1. The second-order valence-electron chi connectivity index (χ2n) is 8.71. The Morgan fingerprint density at radius 2 is 2.06 bits per heavy atom. The molecule has 1 fully saturated rings. The van der Waals surface area contributed by atoms with Crippen molar-refractivity contribution in [3.63, 3.8) is 0 Å². The molecule has 0 amide bonds. The average molecular weight is 421 g/mol. The van der Waals surface area contributed by atoms with Gasteiger partial charge in [0.15, 0.2) is 0 Å². The van der Waals surface area contributed by atoms with Crippen molar-refractivity contribution in [3.05, 3.63) is 59.5 Å². The second kappa shape index (κ2) is 7.89. The van der Waals surface area contributed by atoms with E-state index in [4.69, 9.17) is 14.6 Å². The Morgan fingerprint density at radius 3 is 2.87 bits per heavy atom. The fourth-order valence-electron chi connectivity index (χ4n) is 4.70. The maximum absolute atomic E-state index is 10.8. The van der Waals surface area contributed by atoms with Crippen molar-refractivity contribution in [3.8, 4) is 11.5 Å². The van der Waals surface area contributed by atoms with E-state index in [1.54, 1.807) is 0 Å². The van der Waals surface area contributed by atoms with Gasteiger partial charge in [0.05, 0.1) is 18.7 Å². The number of aryl methyl sites for hydroxylation is 1. The van der Waals surface area contributed by atoms with Crippen molar-refractivity contribution in [2.75, 3.05) is 26.2 Å². The van der Waals surface area contributed by atoms with Crippen LogP contribution >= 0.6 is 0 Å². The molecule has 7 nitrogen and oxygen atoms in total. The van der Waals surface area contributed by atoms with Crippen molar-refractivity contribution in [2.24, 2.45) is 0 Å². The maximum Gasteiger partial charge on any atom is 0.304 e. The zero-order chi connectivity index (χ0) is 21.4. The van der Waals surface area contributed by atoms with Crippen LogP contribution in [0.15, 0.2) is 42.7 Å². The Kier molecular flexibility index (Phi) is 5.06. The molecular weight excluding hydrogens is 394 g/mol. The lowest BCUT2D eigenvalue weighted by molar-refractivity contribution is -0.137. The number of hydrogen-bond acceptors (Lipinski definition) is 5. The molecule has 2 aliphatic rings. The molecule has 0 bridgehead atoms. The fourth-order valence-corrected chi connectivity index (χ4v) is 4.70. The van der Waals surface area contributed by atoms with Crippen LogP contribution in [0.4, 0.5) is 0 Å². The number of carbonyl (C=O) groups is 1. The summed E-state index contributed by atoms with van der Waals surface area (Å²) in [5, 5.41) is 8.91. The summed E-state index contributed by atoms with van der Waals surface area (Å²) in [6.45, 7) is 5.58. The number of pyridine rings is 1. The number of aromatic nitrogens is 2. The standard InChI is InChI=1S/C24H27N3O4/c1-17-2-5-22-25-18(14-27(22)13-17)15-30-19-3-4-20-21(12-19)31-16-24(20)7-10-26(11-8-24)9-6-23(28)29/h2-5,12-14H,6-11,15-16H2,1H3,(H,28,29). The van der Waals surface area contributed by atoms with Crippen LogP contribution in [0.1, 0.15) is 36.1 Å². The second-order valence-corrected chi connectivity index (χ2v) is 8.71. The van der Waals surface area contributed by atoms with E-state index in [0.717, 1.165) is 48.8 Å². The maximum atomic E-state index is 10.8. The molecule has 0 atom stereocenters. The summed E-state index contributed by atoms with van der Waals surface area (Å²) in [5.74, 6) is 0.950. The molecule has 0 unspecified atom stereocenters. The third-order valence-corrected chi connectivity index (χ3v) is 6.52. The average Bonchev–Trinajstić information content (AvgIpc) is 3.33. The lowest BCUT2D eigenvalue weighted by Crippen LogP contribution is -2.44. The van der Waals surface area contributed by atoms with Crippen LogP contribution in [-0.4, -0.2) is 51.6 Å². The van der Waals surface area contributed by atoms with Crippen LogP contribution in [0.5, 0.6) is 11.5 Å². The van der Waals surface area contributed by atoms with E-state index in [0.29, 0.717) is 19.8 Å². The highest BCUT2D eigenvalue weighted by atomic mass is 16.5. The number of rotatable bonds is 6. The van der Waals surface area contributed by atoms with Crippen molar-refractivity contribution in [1.82, 2.24) is 14.3 Å². The number of piperidine rings is 1. The van der Waals surface area contributed by atoms with Gasteiger partial charge in [-0.2, -0.15) is 0 Å². The molecule has 3 aromatic rings. The Morgan fingerprint density at radius 1 is 1.23 bits per heavy atom. The van der Waals surface area contributed by atoms with Gasteiger partial charge >= 0.3 is 5.97 Å². The Hall–Kier alpha value is -3.06. The number of benzene rings is 1. The van der Waals surface area contributed by atoms with Gasteiger partial charge in [0.25, 0.3) is 0 Å². The number of carboxylic acids is 1. The van der Waals surface area contributed by atoms with Gasteiger partial charge in [0, 0.05) is 36.0 Å². The molecule has 0 radical (unpaired) electrons. The minimum atomic E-state index is -0.735. The highest BCUT2D eigenvalue weighted by Gasteiger charge is 2.43. The number of fused-ring (bicyclic) bond motifs is 3. The molecule has 1 saturated heterocycles. The normalized spacial score (nSPS) is 17.6. The Labute approximate surface area is 181 Å². The minimum absolute atomic E-state index is 0.0348. The van der Waals surface area contributed by atoms with E-state index >= 15 is 0 Å². The predicted octanol–water partition coefficient (Wildman–Crippen LogP) is 3.42. The smallest absolute Gasteiger partial charge is 0.304 e. The van der Waals surface area contributed by atoms with Gasteiger partial charge in [-0.1, -0.05) is 12.1 Å². The van der Waals surface area contributed by atoms with E-state index in [1.165, 1.54) is 11.1 Å². The monoisotopic (exact) mass is 421 g/mol. The fraction of sp³-hybridized carbons (Fsp3) is 0.417. The first kappa shape index (κ1) is 19.9. The molecule has 0 saturated carbocycles. The Bertz CT molecular complexity index is 1120. The van der Waals surface area contributed by atoms with Crippen molar-refractivity contribution < 1.29 is 19.4 Å². The van der Waals surface area contributed by atoms with Gasteiger partial charge in [0.2, 0.25) is 0 Å². The molecule has 5 rings (SSSR count). The van der Waals surface area contributed by atoms with Gasteiger partial charge in [-0.25, -0.2) is 4.98 Å². The van der Waals surface area contributed by atoms with Crippen molar-refractivity contribution in [2.45, 2.75) is 38.2 Å². The molecule has 162 valence electrons. The van der Waals surface area contributed by atoms with Crippen LogP contribution in [0.2, 0.25) is 0 Å². The summed E-state index contributed by atoms with van der Waals surface area (Å²) in [4.78, 5) is 17.7. The summed E-state index contributed by atoms with van der Waals surface area (Å²) in [5.41, 5.74) is 4.28. The molecule has 0 aliphatic carbocycles. The topological polar surface area (TPSA) is 76.3 Å². The van der Waals surface area contributed by atoms with Crippen LogP contribution in [0, 0.1) is 6.92 Å². The van der Waals surface area contributed by atoms with Gasteiger partial charge < -0.3 is 23.9 Å². The molecule has 4 heterocycles. The van der Waals surface area contributed by atoms with E-state index in [1.807, 2.05) is 28.8 Å². The lowest BCUT2D eigenvalue weighted by Gasteiger charge is -2.38. The van der Waals surface area contributed by atoms with Gasteiger partial charge in [0.1, 0.15) is 23.8 Å². The van der Waals surface area contributed by atoms with E-state index in [9.17, 15) is 4.79 Å². The number of ether oxygens (including phenoxy) is 2. The number of hydrogen-bond donors (Lipinski definition) is 1. The van der Waals surface area contributed by atoms with Gasteiger partial charge in [-0.15, -0.1) is 0 Å². The van der Waals surface area contributed by atoms with Crippen LogP contribution in [0.25, 0.3) is 5.65 Å². The number of imidazole rings is 1. The highest BCUT2D eigenvalue weighted by Crippen LogP contribution is 2.46. The minimum Gasteiger partial charge on any atom is -0.492 e. The number of nitrogens with zero attached hydrogens (tertiary/aromatic N) is 3.